The molecule has 0 spiro atoms. The molecule has 0 fully saturated rings. The third-order valence-corrected chi connectivity index (χ3v) is 4.48. The van der Waals surface area contributed by atoms with E-state index in [0.29, 0.717) is 12.6 Å². The van der Waals surface area contributed by atoms with E-state index in [1.807, 2.05) is 23.9 Å². The van der Waals surface area contributed by atoms with Crippen LogP contribution < -0.4 is 10.1 Å². The molecule has 0 radical (unpaired) electrons. The van der Waals surface area contributed by atoms with Crippen molar-refractivity contribution in [1.82, 2.24) is 10.3 Å². The van der Waals surface area contributed by atoms with Gasteiger partial charge in [0.05, 0.1) is 6.20 Å². The van der Waals surface area contributed by atoms with E-state index in [1.54, 1.807) is 12.4 Å². The summed E-state index contributed by atoms with van der Waals surface area (Å²) in [6.07, 6.45) is 4.67. The minimum atomic E-state index is 0.449. The number of benzene rings is 1. The van der Waals surface area contributed by atoms with Gasteiger partial charge in [-0.05, 0) is 35.9 Å². The van der Waals surface area contributed by atoms with Gasteiger partial charge >= 0.3 is 0 Å². The van der Waals surface area contributed by atoms with Gasteiger partial charge in [0.25, 0.3) is 0 Å². The lowest BCUT2D eigenvalue weighted by Gasteiger charge is -2.26. The Morgan fingerprint density at radius 1 is 1.25 bits per heavy atom. The van der Waals surface area contributed by atoms with Crippen molar-refractivity contribution >= 4 is 11.8 Å². The molecular weight excluding hydrogens is 268 g/mol. The second-order valence-electron chi connectivity index (χ2n) is 4.72. The number of hydrogen-bond acceptors (Lipinski definition) is 4. The number of ether oxygens (including phenoxy) is 1. The summed E-state index contributed by atoms with van der Waals surface area (Å²) in [6, 6.07) is 12.9. The highest BCUT2D eigenvalue weighted by Crippen LogP contribution is 2.35. The molecule has 2 aromatic rings. The zero-order chi connectivity index (χ0) is 13.6. The summed E-state index contributed by atoms with van der Waals surface area (Å²) in [5.41, 5.74) is 1.42. The Kier molecular flexibility index (Phi) is 4.56. The molecule has 2 heterocycles. The summed E-state index contributed by atoms with van der Waals surface area (Å²) < 4.78 is 5.65. The lowest BCUT2D eigenvalue weighted by atomic mass is 10.0. The normalized spacial score (nSPS) is 17.5. The van der Waals surface area contributed by atoms with Crippen LogP contribution in [0, 0.1) is 0 Å². The highest BCUT2D eigenvalue weighted by atomic mass is 32.2. The van der Waals surface area contributed by atoms with E-state index in [4.69, 9.17) is 4.74 Å². The van der Waals surface area contributed by atoms with Crippen molar-refractivity contribution in [2.45, 2.75) is 17.4 Å². The zero-order valence-electron chi connectivity index (χ0n) is 11.3. The summed E-state index contributed by atoms with van der Waals surface area (Å²) in [5.74, 6) is 2.01. The molecule has 104 valence electrons. The van der Waals surface area contributed by atoms with Crippen molar-refractivity contribution in [2.24, 2.45) is 0 Å². The molecule has 1 atom stereocenters. The first kappa shape index (κ1) is 13.5. The van der Waals surface area contributed by atoms with Crippen molar-refractivity contribution in [3.05, 3.63) is 54.4 Å². The Labute approximate surface area is 123 Å². The number of thioether (sulfide) groups is 1. The first-order chi connectivity index (χ1) is 9.93. The maximum Gasteiger partial charge on any atom is 0.137 e. The van der Waals surface area contributed by atoms with E-state index in [9.17, 15) is 0 Å². The summed E-state index contributed by atoms with van der Waals surface area (Å²) in [4.78, 5) is 5.44. The predicted octanol–water partition coefficient (Wildman–Crippen LogP) is 3.29. The number of pyridine rings is 1. The smallest absolute Gasteiger partial charge is 0.137 e. The van der Waals surface area contributed by atoms with E-state index in [1.165, 1.54) is 22.6 Å². The highest BCUT2D eigenvalue weighted by molar-refractivity contribution is 7.99. The van der Waals surface area contributed by atoms with Gasteiger partial charge in [0.1, 0.15) is 12.4 Å². The molecule has 0 saturated heterocycles. The van der Waals surface area contributed by atoms with E-state index in [2.05, 4.69) is 34.6 Å². The van der Waals surface area contributed by atoms with E-state index < -0.39 is 0 Å². The molecule has 20 heavy (non-hydrogen) atoms. The number of fused-ring (bicyclic) bond motifs is 1. The molecule has 1 aromatic carbocycles. The fraction of sp³-hybridized carbons (Fsp3) is 0.312. The van der Waals surface area contributed by atoms with Crippen molar-refractivity contribution in [3.8, 4) is 5.75 Å². The van der Waals surface area contributed by atoms with Crippen molar-refractivity contribution < 1.29 is 4.74 Å². The number of nitrogens with zero attached hydrogens (tertiary/aromatic N) is 1. The van der Waals surface area contributed by atoms with Crippen molar-refractivity contribution in [2.75, 3.05) is 18.9 Å². The van der Waals surface area contributed by atoms with Gasteiger partial charge in [0.2, 0.25) is 0 Å². The number of rotatable bonds is 5. The molecule has 1 N–H and O–H groups in total. The third kappa shape index (κ3) is 3.32. The number of hydrogen-bond donors (Lipinski definition) is 1. The quantitative estimate of drug-likeness (QED) is 0.855. The van der Waals surface area contributed by atoms with Crippen LogP contribution in [-0.4, -0.2) is 23.9 Å². The third-order valence-electron chi connectivity index (χ3n) is 3.35. The molecule has 1 aromatic heterocycles. The Morgan fingerprint density at radius 3 is 3.10 bits per heavy atom. The van der Waals surface area contributed by atoms with Crippen LogP contribution in [0.1, 0.15) is 18.0 Å². The minimum Gasteiger partial charge on any atom is -0.491 e. The van der Waals surface area contributed by atoms with E-state index >= 15 is 0 Å². The Balaban J connectivity index is 1.50. The zero-order valence-corrected chi connectivity index (χ0v) is 12.1. The van der Waals surface area contributed by atoms with Gasteiger partial charge in [-0.25, -0.2) is 0 Å². The lowest BCUT2D eigenvalue weighted by molar-refractivity contribution is 0.302. The standard InChI is InChI=1S/C16H18N2OS/c1-2-6-16-14(5-1)15(7-11-20-16)18-9-10-19-13-4-3-8-17-12-13/h1-6,8,12,15,18H,7,9-11H2. The van der Waals surface area contributed by atoms with Gasteiger partial charge < -0.3 is 10.1 Å². The molecule has 4 heteroatoms. The van der Waals surface area contributed by atoms with Crippen molar-refractivity contribution in [3.63, 3.8) is 0 Å². The molecule has 0 aliphatic carbocycles. The van der Waals surface area contributed by atoms with Crippen LogP contribution in [0.5, 0.6) is 5.75 Å². The van der Waals surface area contributed by atoms with E-state index in [-0.39, 0.29) is 0 Å². The molecular formula is C16H18N2OS. The molecule has 1 aliphatic rings. The maximum absolute atomic E-state index is 5.65. The van der Waals surface area contributed by atoms with Gasteiger partial charge in [0, 0.05) is 23.7 Å². The van der Waals surface area contributed by atoms with Gasteiger partial charge in [-0.15, -0.1) is 11.8 Å². The predicted molar refractivity (Wildman–Crippen MR) is 82.3 cm³/mol. The lowest BCUT2D eigenvalue weighted by Crippen LogP contribution is -2.28. The first-order valence-electron chi connectivity index (χ1n) is 6.91. The largest absolute Gasteiger partial charge is 0.491 e. The van der Waals surface area contributed by atoms with Gasteiger partial charge in [-0.3, -0.25) is 4.98 Å². The Bertz CT molecular complexity index is 547. The number of nitrogens with one attached hydrogen (secondary N) is 1. The molecule has 0 saturated carbocycles. The van der Waals surface area contributed by atoms with Crippen LogP contribution in [0.3, 0.4) is 0 Å². The molecule has 0 bridgehead atoms. The average molecular weight is 286 g/mol. The van der Waals surface area contributed by atoms with Gasteiger partial charge in [-0.1, -0.05) is 18.2 Å². The Morgan fingerprint density at radius 2 is 2.20 bits per heavy atom. The van der Waals surface area contributed by atoms with Crippen LogP contribution in [0.2, 0.25) is 0 Å². The SMILES string of the molecule is c1cncc(OCCNC2CCSc3ccccc32)c1. The van der Waals surface area contributed by atoms with Crippen LogP contribution >= 0.6 is 11.8 Å². The van der Waals surface area contributed by atoms with Gasteiger partial charge in [-0.2, -0.15) is 0 Å². The molecule has 3 rings (SSSR count). The Hall–Kier alpha value is -1.52. The fourth-order valence-electron chi connectivity index (χ4n) is 2.39. The van der Waals surface area contributed by atoms with Crippen LogP contribution in [0.4, 0.5) is 0 Å². The molecule has 1 unspecified atom stereocenters. The second-order valence-corrected chi connectivity index (χ2v) is 5.86. The first-order valence-corrected chi connectivity index (χ1v) is 7.90. The maximum atomic E-state index is 5.65. The minimum absolute atomic E-state index is 0.449. The van der Waals surface area contributed by atoms with Crippen molar-refractivity contribution in [1.29, 1.82) is 0 Å². The van der Waals surface area contributed by atoms with Crippen LogP contribution in [0.15, 0.2) is 53.7 Å². The monoisotopic (exact) mass is 286 g/mol. The summed E-state index contributed by atoms with van der Waals surface area (Å²) in [6.45, 7) is 1.51. The van der Waals surface area contributed by atoms with Gasteiger partial charge in [0.15, 0.2) is 0 Å². The topological polar surface area (TPSA) is 34.1 Å². The average Bonchev–Trinajstić information content (AvgIpc) is 2.53. The van der Waals surface area contributed by atoms with E-state index in [0.717, 1.165) is 12.3 Å². The second kappa shape index (κ2) is 6.77. The summed E-state index contributed by atoms with van der Waals surface area (Å²) in [7, 11) is 0. The number of aromatic nitrogens is 1. The summed E-state index contributed by atoms with van der Waals surface area (Å²) in [5, 5.41) is 3.59. The fourth-order valence-corrected chi connectivity index (χ4v) is 3.51. The molecule has 0 amide bonds. The molecule has 3 nitrogen and oxygen atoms in total. The summed E-state index contributed by atoms with van der Waals surface area (Å²) >= 11 is 1.95. The van der Waals surface area contributed by atoms with Crippen LogP contribution in [-0.2, 0) is 0 Å². The molecule has 1 aliphatic heterocycles. The van der Waals surface area contributed by atoms with Crippen LogP contribution in [0.25, 0.3) is 0 Å². The highest BCUT2D eigenvalue weighted by Gasteiger charge is 2.19.